The van der Waals surface area contributed by atoms with Crippen molar-refractivity contribution in [2.75, 3.05) is 12.4 Å². The SMILES string of the molecule is COc1ccc(NC(=O)c2ccccc2-c2ncc(-c3ccc(Br)cc3)o2)cc1Cl. The number of halogens is 2. The molecule has 0 atom stereocenters. The van der Waals surface area contributed by atoms with Gasteiger partial charge in [-0.25, -0.2) is 4.98 Å². The number of anilines is 1. The predicted octanol–water partition coefficient (Wildman–Crippen LogP) is 6.69. The van der Waals surface area contributed by atoms with Crippen LogP contribution in [0.4, 0.5) is 5.69 Å². The van der Waals surface area contributed by atoms with Crippen LogP contribution in [0.5, 0.6) is 5.75 Å². The number of hydrogen-bond donors (Lipinski definition) is 1. The van der Waals surface area contributed by atoms with Crippen LogP contribution < -0.4 is 10.1 Å². The zero-order valence-corrected chi connectivity index (χ0v) is 18.2. The van der Waals surface area contributed by atoms with Crippen molar-refractivity contribution in [1.29, 1.82) is 0 Å². The lowest BCUT2D eigenvalue weighted by Gasteiger charge is -2.10. The molecule has 1 amide bonds. The summed E-state index contributed by atoms with van der Waals surface area (Å²) >= 11 is 9.57. The van der Waals surface area contributed by atoms with Crippen LogP contribution in [0.2, 0.25) is 5.02 Å². The summed E-state index contributed by atoms with van der Waals surface area (Å²) in [5, 5.41) is 3.26. The number of nitrogens with zero attached hydrogens (tertiary/aromatic N) is 1. The van der Waals surface area contributed by atoms with Gasteiger partial charge in [0.2, 0.25) is 5.89 Å². The van der Waals surface area contributed by atoms with Crippen molar-refractivity contribution in [2.24, 2.45) is 0 Å². The smallest absolute Gasteiger partial charge is 0.256 e. The van der Waals surface area contributed by atoms with Gasteiger partial charge in [0.1, 0.15) is 5.75 Å². The standard InChI is InChI=1S/C23H16BrClN2O3/c1-29-20-11-10-16(12-19(20)25)27-22(28)17-4-2-3-5-18(17)23-26-13-21(30-23)14-6-8-15(24)9-7-14/h2-13H,1H3,(H,27,28). The van der Waals surface area contributed by atoms with E-state index in [1.54, 1.807) is 42.6 Å². The molecular formula is C23H16BrClN2O3. The Morgan fingerprint density at radius 1 is 1.10 bits per heavy atom. The molecule has 0 aliphatic carbocycles. The molecule has 0 radical (unpaired) electrons. The van der Waals surface area contributed by atoms with Gasteiger partial charge in [0.05, 0.1) is 23.9 Å². The summed E-state index contributed by atoms with van der Waals surface area (Å²) in [5.74, 6) is 1.23. The maximum atomic E-state index is 12.9. The first kappa shape index (κ1) is 20.2. The van der Waals surface area contributed by atoms with E-state index in [4.69, 9.17) is 20.8 Å². The number of nitrogens with one attached hydrogen (secondary N) is 1. The van der Waals surface area contributed by atoms with Crippen LogP contribution in [-0.4, -0.2) is 18.0 Å². The number of ether oxygens (including phenoxy) is 1. The zero-order chi connectivity index (χ0) is 21.1. The van der Waals surface area contributed by atoms with E-state index in [0.29, 0.717) is 39.2 Å². The molecule has 4 rings (SSSR count). The van der Waals surface area contributed by atoms with Crippen LogP contribution in [0.25, 0.3) is 22.8 Å². The molecule has 1 heterocycles. The van der Waals surface area contributed by atoms with E-state index in [1.165, 1.54) is 7.11 Å². The van der Waals surface area contributed by atoms with Gasteiger partial charge in [0, 0.05) is 21.3 Å². The van der Waals surface area contributed by atoms with Crippen molar-refractivity contribution in [3.63, 3.8) is 0 Å². The second kappa shape index (κ2) is 8.73. The highest BCUT2D eigenvalue weighted by atomic mass is 79.9. The van der Waals surface area contributed by atoms with Crippen LogP contribution in [0.3, 0.4) is 0 Å². The average molecular weight is 484 g/mol. The molecule has 0 bridgehead atoms. The quantitative estimate of drug-likeness (QED) is 0.344. The molecule has 3 aromatic carbocycles. The molecule has 0 saturated heterocycles. The molecule has 0 saturated carbocycles. The summed E-state index contributed by atoms with van der Waals surface area (Å²) in [4.78, 5) is 17.3. The first-order chi connectivity index (χ1) is 14.5. The molecule has 30 heavy (non-hydrogen) atoms. The van der Waals surface area contributed by atoms with Gasteiger partial charge in [-0.3, -0.25) is 4.79 Å². The maximum Gasteiger partial charge on any atom is 0.256 e. The predicted molar refractivity (Wildman–Crippen MR) is 121 cm³/mol. The van der Waals surface area contributed by atoms with E-state index >= 15 is 0 Å². The van der Waals surface area contributed by atoms with E-state index in [1.807, 2.05) is 30.3 Å². The molecule has 0 spiro atoms. The van der Waals surface area contributed by atoms with Gasteiger partial charge in [0.15, 0.2) is 5.76 Å². The minimum Gasteiger partial charge on any atom is -0.495 e. The van der Waals surface area contributed by atoms with Gasteiger partial charge in [-0.05, 0) is 42.5 Å². The van der Waals surface area contributed by atoms with Crippen LogP contribution in [-0.2, 0) is 0 Å². The van der Waals surface area contributed by atoms with Crippen molar-refractivity contribution >= 4 is 39.1 Å². The Bertz CT molecular complexity index is 1210. The number of amides is 1. The number of hydrogen-bond acceptors (Lipinski definition) is 4. The number of methoxy groups -OCH3 is 1. The molecule has 1 aromatic heterocycles. The number of benzene rings is 3. The molecule has 4 aromatic rings. The largest absolute Gasteiger partial charge is 0.495 e. The Kier molecular flexibility index (Phi) is 5.88. The lowest BCUT2D eigenvalue weighted by Crippen LogP contribution is -2.13. The van der Waals surface area contributed by atoms with Crippen LogP contribution in [0.1, 0.15) is 10.4 Å². The summed E-state index contributed by atoms with van der Waals surface area (Å²) in [5.41, 5.74) is 2.49. The number of carbonyl (C=O) groups is 1. The van der Waals surface area contributed by atoms with Crippen molar-refractivity contribution in [1.82, 2.24) is 4.98 Å². The molecule has 1 N–H and O–H groups in total. The molecular weight excluding hydrogens is 468 g/mol. The fourth-order valence-electron chi connectivity index (χ4n) is 2.96. The van der Waals surface area contributed by atoms with E-state index in [0.717, 1.165) is 10.0 Å². The lowest BCUT2D eigenvalue weighted by molar-refractivity contribution is 0.102. The summed E-state index contributed by atoms with van der Waals surface area (Å²) < 4.78 is 12.1. The van der Waals surface area contributed by atoms with Crippen LogP contribution >= 0.6 is 27.5 Å². The maximum absolute atomic E-state index is 12.9. The third-order valence-electron chi connectivity index (χ3n) is 4.45. The van der Waals surface area contributed by atoms with Gasteiger partial charge in [-0.2, -0.15) is 0 Å². The second-order valence-corrected chi connectivity index (χ2v) is 7.71. The molecule has 0 unspecified atom stereocenters. The van der Waals surface area contributed by atoms with Crippen molar-refractivity contribution in [3.8, 4) is 28.5 Å². The van der Waals surface area contributed by atoms with Gasteiger partial charge in [-0.1, -0.05) is 51.8 Å². The number of carbonyl (C=O) groups excluding carboxylic acids is 1. The summed E-state index contributed by atoms with van der Waals surface area (Å²) in [6, 6.07) is 19.9. The highest BCUT2D eigenvalue weighted by Gasteiger charge is 2.17. The fraction of sp³-hybridized carbons (Fsp3) is 0.0435. The Balaban J connectivity index is 1.62. The Labute approximate surface area is 186 Å². The first-order valence-corrected chi connectivity index (χ1v) is 10.2. The fourth-order valence-corrected chi connectivity index (χ4v) is 3.48. The topological polar surface area (TPSA) is 64.4 Å². The van der Waals surface area contributed by atoms with E-state index in [-0.39, 0.29) is 5.91 Å². The molecule has 0 fully saturated rings. The number of rotatable bonds is 5. The monoisotopic (exact) mass is 482 g/mol. The van der Waals surface area contributed by atoms with Crippen molar-refractivity contribution in [2.45, 2.75) is 0 Å². The third-order valence-corrected chi connectivity index (χ3v) is 5.27. The molecule has 0 aliphatic rings. The summed E-state index contributed by atoms with van der Waals surface area (Å²) in [6.45, 7) is 0. The van der Waals surface area contributed by atoms with E-state index in [9.17, 15) is 4.79 Å². The Morgan fingerprint density at radius 3 is 2.60 bits per heavy atom. The second-order valence-electron chi connectivity index (χ2n) is 6.39. The normalized spacial score (nSPS) is 10.6. The molecule has 150 valence electrons. The minimum absolute atomic E-state index is 0.296. The van der Waals surface area contributed by atoms with Gasteiger partial charge >= 0.3 is 0 Å². The van der Waals surface area contributed by atoms with E-state index < -0.39 is 0 Å². The highest BCUT2D eigenvalue weighted by Crippen LogP contribution is 2.30. The van der Waals surface area contributed by atoms with Crippen LogP contribution in [0.15, 0.2) is 81.8 Å². The zero-order valence-electron chi connectivity index (χ0n) is 15.9. The van der Waals surface area contributed by atoms with Gasteiger partial charge < -0.3 is 14.5 Å². The van der Waals surface area contributed by atoms with Gasteiger partial charge in [-0.15, -0.1) is 0 Å². The number of aromatic nitrogens is 1. The summed E-state index contributed by atoms with van der Waals surface area (Å²) in [7, 11) is 1.54. The van der Waals surface area contributed by atoms with Gasteiger partial charge in [0.25, 0.3) is 5.91 Å². The lowest BCUT2D eigenvalue weighted by atomic mass is 10.1. The Hall–Kier alpha value is -3.09. The van der Waals surface area contributed by atoms with Crippen molar-refractivity contribution in [3.05, 3.63) is 88.0 Å². The molecule has 0 aliphatic heterocycles. The third kappa shape index (κ3) is 4.25. The van der Waals surface area contributed by atoms with Crippen LogP contribution in [0, 0.1) is 0 Å². The number of oxazole rings is 1. The summed E-state index contributed by atoms with van der Waals surface area (Å²) in [6.07, 6.45) is 1.65. The minimum atomic E-state index is -0.296. The molecule has 5 nitrogen and oxygen atoms in total. The van der Waals surface area contributed by atoms with Crippen molar-refractivity contribution < 1.29 is 13.9 Å². The Morgan fingerprint density at radius 2 is 1.87 bits per heavy atom. The first-order valence-electron chi connectivity index (χ1n) is 9.01. The average Bonchev–Trinajstić information content (AvgIpc) is 3.24. The molecule has 7 heteroatoms. The highest BCUT2D eigenvalue weighted by molar-refractivity contribution is 9.10. The van der Waals surface area contributed by atoms with E-state index in [2.05, 4.69) is 26.2 Å².